The number of hydrogen-bond donors (Lipinski definition) is 0. The average molecular weight is 274 g/mol. The van der Waals surface area contributed by atoms with Gasteiger partial charge < -0.3 is 4.74 Å². The van der Waals surface area contributed by atoms with Crippen molar-refractivity contribution in [2.75, 3.05) is 7.11 Å². The molecule has 0 aromatic heterocycles. The van der Waals surface area contributed by atoms with Crippen LogP contribution >= 0.6 is 0 Å². The van der Waals surface area contributed by atoms with Gasteiger partial charge in [0.1, 0.15) is 6.10 Å². The predicted molar refractivity (Wildman–Crippen MR) is 82.0 cm³/mol. The summed E-state index contributed by atoms with van der Waals surface area (Å²) >= 11 is 0. The van der Waals surface area contributed by atoms with E-state index in [0.29, 0.717) is 12.3 Å². The van der Waals surface area contributed by atoms with Crippen molar-refractivity contribution in [3.63, 3.8) is 0 Å². The number of benzene rings is 1. The topological polar surface area (TPSA) is 26.3 Å². The summed E-state index contributed by atoms with van der Waals surface area (Å²) in [6.45, 7) is 4.16. The van der Waals surface area contributed by atoms with Gasteiger partial charge in [-0.05, 0) is 38.2 Å². The molecule has 0 amide bonds. The number of ether oxygens (including phenoxy) is 1. The van der Waals surface area contributed by atoms with Crippen LogP contribution in [0.5, 0.6) is 0 Å². The van der Waals surface area contributed by atoms with Crippen LogP contribution in [0.15, 0.2) is 18.2 Å². The minimum atomic E-state index is -0.212. The van der Waals surface area contributed by atoms with E-state index in [1.165, 1.54) is 30.4 Å². The molecule has 2 nitrogen and oxygen atoms in total. The lowest BCUT2D eigenvalue weighted by molar-refractivity contribution is -0.132. The first-order valence-corrected chi connectivity index (χ1v) is 7.73. The van der Waals surface area contributed by atoms with Crippen LogP contribution in [0.1, 0.15) is 48.8 Å². The molecule has 0 spiro atoms. The molecule has 1 aromatic carbocycles. The van der Waals surface area contributed by atoms with Crippen molar-refractivity contribution in [1.29, 1.82) is 0 Å². The van der Waals surface area contributed by atoms with Crippen molar-refractivity contribution in [3.05, 3.63) is 34.9 Å². The number of ketones is 1. The van der Waals surface area contributed by atoms with Crippen LogP contribution in [0.4, 0.5) is 0 Å². The van der Waals surface area contributed by atoms with E-state index < -0.39 is 0 Å². The van der Waals surface area contributed by atoms with Crippen LogP contribution in [0.3, 0.4) is 0 Å². The minimum absolute atomic E-state index is 0.212. The zero-order chi connectivity index (χ0) is 14.5. The van der Waals surface area contributed by atoms with Crippen LogP contribution in [-0.4, -0.2) is 19.0 Å². The summed E-state index contributed by atoms with van der Waals surface area (Å²) in [5, 5.41) is 0. The first-order chi connectivity index (χ1) is 9.60. The zero-order valence-corrected chi connectivity index (χ0v) is 12.9. The minimum Gasteiger partial charge on any atom is -0.373 e. The van der Waals surface area contributed by atoms with Crippen molar-refractivity contribution in [2.24, 2.45) is 5.92 Å². The van der Waals surface area contributed by atoms with E-state index in [9.17, 15) is 4.79 Å². The Morgan fingerprint density at radius 3 is 2.30 bits per heavy atom. The smallest absolute Gasteiger partial charge is 0.166 e. The van der Waals surface area contributed by atoms with Gasteiger partial charge in [0.05, 0.1) is 0 Å². The molecule has 0 saturated heterocycles. The second-order valence-corrected chi connectivity index (χ2v) is 6.19. The van der Waals surface area contributed by atoms with E-state index in [2.05, 4.69) is 32.0 Å². The largest absolute Gasteiger partial charge is 0.373 e. The quantitative estimate of drug-likeness (QED) is 0.811. The number of aryl methyl sites for hydroxylation is 2. The monoisotopic (exact) mass is 274 g/mol. The second kappa shape index (κ2) is 7.03. The molecule has 110 valence electrons. The van der Waals surface area contributed by atoms with E-state index in [1.54, 1.807) is 7.11 Å². The van der Waals surface area contributed by atoms with Crippen molar-refractivity contribution in [3.8, 4) is 0 Å². The standard InChI is InChI=1S/C18H26O2/c1-13-9-14(2)11-15(10-13)12-17(19)18(20-3)16-7-5-4-6-8-16/h9-11,16,18H,4-8,12H2,1-3H3. The van der Waals surface area contributed by atoms with Crippen molar-refractivity contribution in [1.82, 2.24) is 0 Å². The molecular formula is C18H26O2. The molecule has 1 fully saturated rings. The number of carbonyl (C=O) groups is 1. The van der Waals surface area contributed by atoms with E-state index in [0.717, 1.165) is 18.4 Å². The first-order valence-electron chi connectivity index (χ1n) is 7.73. The fourth-order valence-electron chi connectivity index (χ4n) is 3.50. The van der Waals surface area contributed by atoms with Crippen LogP contribution in [0.2, 0.25) is 0 Å². The van der Waals surface area contributed by atoms with Gasteiger partial charge in [-0.15, -0.1) is 0 Å². The lowest BCUT2D eigenvalue weighted by Gasteiger charge is -2.28. The van der Waals surface area contributed by atoms with Crippen LogP contribution in [0, 0.1) is 19.8 Å². The number of rotatable bonds is 5. The van der Waals surface area contributed by atoms with Gasteiger partial charge in [0.2, 0.25) is 0 Å². The van der Waals surface area contributed by atoms with Crippen LogP contribution in [0.25, 0.3) is 0 Å². The maximum atomic E-state index is 12.5. The molecule has 0 aliphatic heterocycles. The van der Waals surface area contributed by atoms with Crippen LogP contribution < -0.4 is 0 Å². The highest BCUT2D eigenvalue weighted by atomic mass is 16.5. The Labute approximate surface area is 122 Å². The Hall–Kier alpha value is -1.15. The second-order valence-electron chi connectivity index (χ2n) is 6.19. The molecule has 1 aliphatic rings. The first kappa shape index (κ1) is 15.2. The molecule has 1 atom stereocenters. The molecule has 0 heterocycles. The van der Waals surface area contributed by atoms with Crippen LogP contribution in [-0.2, 0) is 16.0 Å². The highest BCUT2D eigenvalue weighted by molar-refractivity contribution is 5.85. The summed E-state index contributed by atoms with van der Waals surface area (Å²) < 4.78 is 5.53. The number of methoxy groups -OCH3 is 1. The molecule has 1 aliphatic carbocycles. The predicted octanol–water partition coefficient (Wildman–Crippen LogP) is 4.01. The molecule has 2 heteroatoms. The SMILES string of the molecule is COC(C(=O)Cc1cc(C)cc(C)c1)C1CCCCC1. The lowest BCUT2D eigenvalue weighted by atomic mass is 9.82. The van der Waals surface area contributed by atoms with Crippen molar-refractivity contribution >= 4 is 5.78 Å². The molecule has 0 radical (unpaired) electrons. The Morgan fingerprint density at radius 2 is 1.75 bits per heavy atom. The molecule has 1 saturated carbocycles. The van der Waals surface area contributed by atoms with E-state index in [1.807, 2.05) is 0 Å². The Morgan fingerprint density at radius 1 is 1.15 bits per heavy atom. The third kappa shape index (κ3) is 3.92. The van der Waals surface area contributed by atoms with E-state index >= 15 is 0 Å². The molecule has 0 N–H and O–H groups in total. The van der Waals surface area contributed by atoms with E-state index in [4.69, 9.17) is 4.74 Å². The fraction of sp³-hybridized carbons (Fsp3) is 0.611. The van der Waals surface area contributed by atoms with Gasteiger partial charge in [0.25, 0.3) is 0 Å². The summed E-state index contributed by atoms with van der Waals surface area (Å²) in [5.41, 5.74) is 3.56. The lowest BCUT2D eigenvalue weighted by Crippen LogP contribution is -2.34. The van der Waals surface area contributed by atoms with E-state index in [-0.39, 0.29) is 11.9 Å². The maximum absolute atomic E-state index is 12.5. The van der Waals surface area contributed by atoms with Crippen molar-refractivity contribution in [2.45, 2.75) is 58.5 Å². The Bertz CT molecular complexity index is 438. The third-order valence-electron chi connectivity index (χ3n) is 4.31. The molecule has 1 unspecified atom stereocenters. The number of Topliss-reactive ketones (excluding diaryl/α,β-unsaturated/α-hetero) is 1. The number of hydrogen-bond acceptors (Lipinski definition) is 2. The van der Waals surface area contributed by atoms with Gasteiger partial charge in [-0.1, -0.05) is 48.6 Å². The summed E-state index contributed by atoms with van der Waals surface area (Å²) in [6, 6.07) is 6.36. The van der Waals surface area contributed by atoms with Gasteiger partial charge in [0.15, 0.2) is 5.78 Å². The van der Waals surface area contributed by atoms with Gasteiger partial charge in [0, 0.05) is 13.5 Å². The third-order valence-corrected chi connectivity index (χ3v) is 4.31. The van der Waals surface area contributed by atoms with Gasteiger partial charge >= 0.3 is 0 Å². The molecule has 0 bridgehead atoms. The van der Waals surface area contributed by atoms with Gasteiger partial charge in [-0.25, -0.2) is 0 Å². The number of carbonyl (C=O) groups excluding carboxylic acids is 1. The summed E-state index contributed by atoms with van der Waals surface area (Å²) in [4.78, 5) is 12.5. The summed E-state index contributed by atoms with van der Waals surface area (Å²) in [5.74, 6) is 0.663. The summed E-state index contributed by atoms with van der Waals surface area (Å²) in [7, 11) is 1.68. The average Bonchev–Trinajstić information content (AvgIpc) is 2.39. The Kier molecular flexibility index (Phi) is 5.36. The Balaban J connectivity index is 2.04. The fourth-order valence-corrected chi connectivity index (χ4v) is 3.50. The summed E-state index contributed by atoms with van der Waals surface area (Å²) in [6.07, 6.45) is 6.34. The molecular weight excluding hydrogens is 248 g/mol. The maximum Gasteiger partial charge on any atom is 0.166 e. The van der Waals surface area contributed by atoms with Gasteiger partial charge in [-0.3, -0.25) is 4.79 Å². The zero-order valence-electron chi connectivity index (χ0n) is 12.9. The molecule has 1 aromatic rings. The van der Waals surface area contributed by atoms with Crippen molar-refractivity contribution < 1.29 is 9.53 Å². The highest BCUT2D eigenvalue weighted by Gasteiger charge is 2.29. The highest BCUT2D eigenvalue weighted by Crippen LogP contribution is 2.28. The molecule has 2 rings (SSSR count). The normalized spacial score (nSPS) is 17.9. The van der Waals surface area contributed by atoms with Gasteiger partial charge in [-0.2, -0.15) is 0 Å². The molecule has 20 heavy (non-hydrogen) atoms.